The molecule has 2 rings (SSSR count). The number of nitrogens with one attached hydrogen (secondary N) is 1. The maximum atomic E-state index is 5.79. The van der Waals surface area contributed by atoms with Crippen molar-refractivity contribution in [3.63, 3.8) is 0 Å². The molecule has 106 valence electrons. The van der Waals surface area contributed by atoms with E-state index in [1.807, 2.05) is 0 Å². The number of aryl methyl sites for hydroxylation is 2. The summed E-state index contributed by atoms with van der Waals surface area (Å²) in [6.07, 6.45) is 2.29. The molecule has 0 spiro atoms. The molecule has 0 aliphatic rings. The number of hydrazine groups is 1. The van der Waals surface area contributed by atoms with Crippen molar-refractivity contribution in [1.29, 1.82) is 0 Å². The van der Waals surface area contributed by atoms with Crippen LogP contribution in [0.1, 0.15) is 41.6 Å². The largest absolute Gasteiger partial charge is 0.271 e. The molecular weight excluding hydrogens is 312 g/mol. The topological polar surface area (TPSA) is 38.0 Å². The van der Waals surface area contributed by atoms with Gasteiger partial charge in [-0.05, 0) is 47.7 Å². The highest BCUT2D eigenvalue weighted by Gasteiger charge is 2.14. The van der Waals surface area contributed by atoms with Crippen molar-refractivity contribution in [2.75, 3.05) is 0 Å². The minimum absolute atomic E-state index is 0.0168. The Morgan fingerprint density at radius 2 is 1.85 bits per heavy atom. The third-order valence-corrected chi connectivity index (χ3v) is 4.06. The molecule has 20 heavy (non-hydrogen) atoms. The zero-order valence-electron chi connectivity index (χ0n) is 12.0. The highest BCUT2D eigenvalue weighted by Crippen LogP contribution is 2.27. The van der Waals surface area contributed by atoms with Gasteiger partial charge in [0.1, 0.15) is 0 Å². The first kappa shape index (κ1) is 15.2. The monoisotopic (exact) mass is 332 g/mol. The van der Waals surface area contributed by atoms with Crippen LogP contribution in [-0.4, -0.2) is 0 Å². The lowest BCUT2D eigenvalue weighted by Gasteiger charge is -2.20. The van der Waals surface area contributed by atoms with Crippen molar-refractivity contribution in [3.05, 3.63) is 69.2 Å². The lowest BCUT2D eigenvalue weighted by atomic mass is 9.94. The number of benzene rings is 2. The number of nitrogens with two attached hydrogens (primary N) is 1. The molecular formula is C17H21BrN2. The Labute approximate surface area is 129 Å². The van der Waals surface area contributed by atoms with E-state index < -0.39 is 0 Å². The van der Waals surface area contributed by atoms with Gasteiger partial charge in [0.05, 0.1) is 6.04 Å². The molecule has 0 heterocycles. The Morgan fingerprint density at radius 1 is 1.15 bits per heavy atom. The van der Waals surface area contributed by atoms with Gasteiger partial charge in [-0.3, -0.25) is 5.84 Å². The molecule has 0 saturated heterocycles. The Morgan fingerprint density at radius 3 is 2.45 bits per heavy atom. The van der Waals surface area contributed by atoms with Gasteiger partial charge in [0.25, 0.3) is 0 Å². The van der Waals surface area contributed by atoms with E-state index in [1.54, 1.807) is 0 Å². The lowest BCUT2D eigenvalue weighted by Crippen LogP contribution is -2.29. The Hall–Kier alpha value is -1.16. The minimum atomic E-state index is 0.0168. The quantitative estimate of drug-likeness (QED) is 0.634. The number of hydrogen-bond donors (Lipinski definition) is 2. The maximum Gasteiger partial charge on any atom is 0.0713 e. The van der Waals surface area contributed by atoms with E-state index in [1.165, 1.54) is 28.7 Å². The summed E-state index contributed by atoms with van der Waals surface area (Å²) in [5, 5.41) is 0. The fourth-order valence-electron chi connectivity index (χ4n) is 2.45. The standard InChI is InChI=1S/C17H21BrN2/c1-3-4-13-6-8-14(9-7-13)17(20-19)16-11-15(18)10-5-12(16)2/h5-11,17,20H,3-4,19H2,1-2H3. The van der Waals surface area contributed by atoms with Gasteiger partial charge in [-0.1, -0.05) is 59.6 Å². The van der Waals surface area contributed by atoms with Gasteiger partial charge in [0, 0.05) is 4.47 Å². The maximum absolute atomic E-state index is 5.79. The van der Waals surface area contributed by atoms with Crippen molar-refractivity contribution in [3.8, 4) is 0 Å². The van der Waals surface area contributed by atoms with Crippen molar-refractivity contribution in [2.45, 2.75) is 32.7 Å². The lowest BCUT2D eigenvalue weighted by molar-refractivity contribution is 0.633. The van der Waals surface area contributed by atoms with Gasteiger partial charge in [0.15, 0.2) is 0 Å². The van der Waals surface area contributed by atoms with Crippen molar-refractivity contribution in [1.82, 2.24) is 5.43 Å². The van der Waals surface area contributed by atoms with Gasteiger partial charge < -0.3 is 0 Å². The Balaban J connectivity index is 2.34. The summed E-state index contributed by atoms with van der Waals surface area (Å²) >= 11 is 3.53. The number of rotatable bonds is 5. The minimum Gasteiger partial charge on any atom is -0.271 e. The fraction of sp³-hybridized carbons (Fsp3) is 0.294. The molecule has 0 aliphatic heterocycles. The van der Waals surface area contributed by atoms with Crippen LogP contribution in [0.4, 0.5) is 0 Å². The molecule has 0 radical (unpaired) electrons. The van der Waals surface area contributed by atoms with E-state index in [9.17, 15) is 0 Å². The van der Waals surface area contributed by atoms with Crippen molar-refractivity contribution < 1.29 is 0 Å². The van der Waals surface area contributed by atoms with Crippen LogP contribution < -0.4 is 11.3 Å². The van der Waals surface area contributed by atoms with Gasteiger partial charge >= 0.3 is 0 Å². The van der Waals surface area contributed by atoms with E-state index in [-0.39, 0.29) is 6.04 Å². The summed E-state index contributed by atoms with van der Waals surface area (Å²) in [5.41, 5.74) is 7.92. The van der Waals surface area contributed by atoms with Crippen LogP contribution in [0.5, 0.6) is 0 Å². The second kappa shape index (κ2) is 7.02. The van der Waals surface area contributed by atoms with Crippen molar-refractivity contribution in [2.24, 2.45) is 5.84 Å². The fourth-order valence-corrected chi connectivity index (χ4v) is 2.83. The van der Waals surface area contributed by atoms with Crippen LogP contribution in [-0.2, 0) is 6.42 Å². The average Bonchev–Trinajstić information content (AvgIpc) is 2.45. The predicted octanol–water partition coefficient (Wildman–Crippen LogP) is 4.26. The van der Waals surface area contributed by atoms with E-state index in [0.29, 0.717) is 0 Å². The summed E-state index contributed by atoms with van der Waals surface area (Å²) in [7, 11) is 0. The van der Waals surface area contributed by atoms with Crippen LogP contribution >= 0.6 is 15.9 Å². The summed E-state index contributed by atoms with van der Waals surface area (Å²) in [6, 6.07) is 15.0. The Kier molecular flexibility index (Phi) is 5.35. The SMILES string of the molecule is CCCc1ccc(C(NN)c2cc(Br)ccc2C)cc1. The zero-order valence-corrected chi connectivity index (χ0v) is 13.6. The molecule has 3 heteroatoms. The second-order valence-corrected chi connectivity index (χ2v) is 6.01. The smallest absolute Gasteiger partial charge is 0.0713 e. The summed E-state index contributed by atoms with van der Waals surface area (Å²) in [4.78, 5) is 0. The highest BCUT2D eigenvalue weighted by atomic mass is 79.9. The van der Waals surface area contributed by atoms with Crippen LogP contribution in [0.15, 0.2) is 46.9 Å². The third kappa shape index (κ3) is 3.48. The summed E-state index contributed by atoms with van der Waals surface area (Å²) < 4.78 is 1.07. The molecule has 0 saturated carbocycles. The van der Waals surface area contributed by atoms with Gasteiger partial charge in [-0.25, -0.2) is 5.43 Å². The molecule has 0 bridgehead atoms. The molecule has 2 nitrogen and oxygen atoms in total. The van der Waals surface area contributed by atoms with Gasteiger partial charge in [-0.2, -0.15) is 0 Å². The van der Waals surface area contributed by atoms with Gasteiger partial charge in [0.2, 0.25) is 0 Å². The van der Waals surface area contributed by atoms with Crippen molar-refractivity contribution >= 4 is 15.9 Å². The molecule has 0 amide bonds. The third-order valence-electron chi connectivity index (χ3n) is 3.57. The van der Waals surface area contributed by atoms with Crippen LogP contribution in [0.3, 0.4) is 0 Å². The normalized spacial score (nSPS) is 12.4. The summed E-state index contributed by atoms with van der Waals surface area (Å²) in [5.74, 6) is 5.79. The van der Waals surface area contributed by atoms with E-state index in [0.717, 1.165) is 10.9 Å². The summed E-state index contributed by atoms with van der Waals surface area (Å²) in [6.45, 7) is 4.31. The number of hydrogen-bond acceptors (Lipinski definition) is 2. The van der Waals surface area contributed by atoms with E-state index in [2.05, 4.69) is 77.7 Å². The molecule has 0 aromatic heterocycles. The van der Waals surface area contributed by atoms with E-state index >= 15 is 0 Å². The zero-order chi connectivity index (χ0) is 14.5. The van der Waals surface area contributed by atoms with Gasteiger partial charge in [-0.15, -0.1) is 0 Å². The molecule has 0 aliphatic carbocycles. The van der Waals surface area contributed by atoms with Crippen LogP contribution in [0, 0.1) is 6.92 Å². The highest BCUT2D eigenvalue weighted by molar-refractivity contribution is 9.10. The molecule has 1 unspecified atom stereocenters. The first-order chi connectivity index (χ1) is 9.65. The average molecular weight is 333 g/mol. The first-order valence-electron chi connectivity index (χ1n) is 6.96. The second-order valence-electron chi connectivity index (χ2n) is 5.09. The van der Waals surface area contributed by atoms with Crippen LogP contribution in [0.25, 0.3) is 0 Å². The van der Waals surface area contributed by atoms with Crippen LogP contribution in [0.2, 0.25) is 0 Å². The molecule has 2 aromatic rings. The molecule has 3 N–H and O–H groups in total. The molecule has 2 aromatic carbocycles. The predicted molar refractivity (Wildman–Crippen MR) is 88.5 cm³/mol. The van der Waals surface area contributed by atoms with E-state index in [4.69, 9.17) is 5.84 Å². The molecule has 0 fully saturated rings. The first-order valence-corrected chi connectivity index (χ1v) is 7.76. The molecule has 1 atom stereocenters. The Bertz CT molecular complexity index is 564. The number of halogens is 1.